The number of nitrogens with zero attached hydrogens (tertiary/aromatic N) is 2. The van der Waals surface area contributed by atoms with Crippen LogP contribution in [0, 0.1) is 0 Å². The van der Waals surface area contributed by atoms with Gasteiger partial charge < -0.3 is 5.32 Å². The number of nitrogens with one attached hydrogen (secondary N) is 1. The summed E-state index contributed by atoms with van der Waals surface area (Å²) in [5.41, 5.74) is 1.31. The molecule has 2 aromatic rings. The third kappa shape index (κ3) is 3.97. The van der Waals surface area contributed by atoms with Crippen LogP contribution in [-0.2, 0) is 17.3 Å². The molecule has 1 N–H and O–H groups in total. The molecule has 0 aliphatic heterocycles. The van der Waals surface area contributed by atoms with E-state index in [9.17, 15) is 9.00 Å². The molecule has 0 saturated heterocycles. The topological polar surface area (TPSA) is 63.5 Å². The summed E-state index contributed by atoms with van der Waals surface area (Å²) in [6.45, 7) is 1.33. The van der Waals surface area contributed by atoms with Gasteiger partial charge in [-0.15, -0.1) is 0 Å². The van der Waals surface area contributed by atoms with Crippen molar-refractivity contribution in [3.63, 3.8) is 0 Å². The Labute approximate surface area is 114 Å². The molecule has 1 unspecified atom stereocenters. The highest BCUT2D eigenvalue weighted by Crippen LogP contribution is 1.98. The summed E-state index contributed by atoms with van der Waals surface area (Å²) >= 11 is 0. The zero-order chi connectivity index (χ0) is 13.7. The van der Waals surface area contributed by atoms with Gasteiger partial charge >= 0.3 is 0 Å². The molecule has 0 amide bonds. The fourth-order valence-corrected chi connectivity index (χ4v) is 2.36. The summed E-state index contributed by atoms with van der Waals surface area (Å²) in [5, 5.41) is 3.20. The van der Waals surface area contributed by atoms with Crippen LogP contribution in [0.3, 0.4) is 0 Å². The van der Waals surface area contributed by atoms with E-state index < -0.39 is 10.8 Å². The standard InChI is InChI=1S/C13H17N3O2S/c1-19(18)8-4-6-14-10-11-9-13(17)16-7-3-2-5-12(16)15-11/h2-3,5,7,9,14H,4,6,8,10H2,1H3. The molecule has 0 bridgehead atoms. The second-order valence-corrected chi connectivity index (χ2v) is 5.88. The normalized spacial score (nSPS) is 12.7. The van der Waals surface area contributed by atoms with E-state index in [-0.39, 0.29) is 5.56 Å². The van der Waals surface area contributed by atoms with Gasteiger partial charge in [-0.25, -0.2) is 4.98 Å². The van der Waals surface area contributed by atoms with Gasteiger partial charge in [0.1, 0.15) is 5.65 Å². The Morgan fingerprint density at radius 1 is 1.42 bits per heavy atom. The van der Waals surface area contributed by atoms with Gasteiger partial charge in [-0.2, -0.15) is 0 Å². The van der Waals surface area contributed by atoms with Crippen LogP contribution < -0.4 is 10.9 Å². The third-order valence-electron chi connectivity index (χ3n) is 2.72. The van der Waals surface area contributed by atoms with E-state index in [1.165, 1.54) is 10.5 Å². The second kappa shape index (κ2) is 6.58. The van der Waals surface area contributed by atoms with Gasteiger partial charge in [-0.05, 0) is 25.1 Å². The predicted octanol–water partition coefficient (Wildman–Crippen LogP) is 0.553. The highest BCUT2D eigenvalue weighted by Gasteiger charge is 2.01. The van der Waals surface area contributed by atoms with E-state index in [1.54, 1.807) is 18.5 Å². The molecule has 102 valence electrons. The lowest BCUT2D eigenvalue weighted by Gasteiger charge is -2.05. The van der Waals surface area contributed by atoms with E-state index >= 15 is 0 Å². The maximum absolute atomic E-state index is 11.8. The van der Waals surface area contributed by atoms with E-state index in [4.69, 9.17) is 0 Å². The second-order valence-electron chi connectivity index (χ2n) is 4.32. The first-order valence-electron chi connectivity index (χ1n) is 6.15. The van der Waals surface area contributed by atoms with E-state index in [1.807, 2.05) is 12.1 Å². The monoisotopic (exact) mass is 279 g/mol. The molecule has 0 aliphatic rings. The Morgan fingerprint density at radius 2 is 2.26 bits per heavy atom. The molecule has 0 aromatic carbocycles. The molecule has 0 fully saturated rings. The number of hydrogen-bond donors (Lipinski definition) is 1. The van der Waals surface area contributed by atoms with Crippen molar-refractivity contribution in [2.75, 3.05) is 18.6 Å². The average Bonchev–Trinajstić information content (AvgIpc) is 2.38. The molecule has 0 saturated carbocycles. The van der Waals surface area contributed by atoms with Crippen molar-refractivity contribution in [1.82, 2.24) is 14.7 Å². The Balaban J connectivity index is 1.98. The van der Waals surface area contributed by atoms with Crippen LogP contribution in [-0.4, -0.2) is 32.1 Å². The zero-order valence-electron chi connectivity index (χ0n) is 10.8. The van der Waals surface area contributed by atoms with E-state index in [0.29, 0.717) is 17.9 Å². The highest BCUT2D eigenvalue weighted by atomic mass is 32.2. The van der Waals surface area contributed by atoms with Crippen LogP contribution in [0.15, 0.2) is 35.3 Å². The van der Waals surface area contributed by atoms with Gasteiger partial charge in [0.2, 0.25) is 0 Å². The van der Waals surface area contributed by atoms with Gasteiger partial charge in [-0.1, -0.05) is 6.07 Å². The summed E-state index contributed by atoms with van der Waals surface area (Å²) in [5.74, 6) is 0.695. The largest absolute Gasteiger partial charge is 0.311 e. The molecular formula is C13H17N3O2S. The van der Waals surface area contributed by atoms with Gasteiger partial charge in [-0.3, -0.25) is 13.4 Å². The summed E-state index contributed by atoms with van der Waals surface area (Å²) in [6, 6.07) is 7.01. The fourth-order valence-electron chi connectivity index (χ4n) is 1.81. The fraction of sp³-hybridized carbons (Fsp3) is 0.385. The molecule has 2 rings (SSSR count). The Morgan fingerprint density at radius 3 is 3.05 bits per heavy atom. The summed E-state index contributed by atoms with van der Waals surface area (Å²) < 4.78 is 12.4. The molecule has 0 radical (unpaired) electrons. The van der Waals surface area contributed by atoms with Crippen molar-refractivity contribution in [3.8, 4) is 0 Å². The zero-order valence-corrected chi connectivity index (χ0v) is 11.7. The van der Waals surface area contributed by atoms with Crippen LogP contribution >= 0.6 is 0 Å². The van der Waals surface area contributed by atoms with Crippen molar-refractivity contribution in [2.24, 2.45) is 0 Å². The highest BCUT2D eigenvalue weighted by molar-refractivity contribution is 7.84. The minimum Gasteiger partial charge on any atom is -0.311 e. The lowest BCUT2D eigenvalue weighted by Crippen LogP contribution is -2.21. The first kappa shape index (κ1) is 13.9. The maximum atomic E-state index is 11.8. The smallest absolute Gasteiger partial charge is 0.258 e. The lowest BCUT2D eigenvalue weighted by atomic mass is 10.3. The molecule has 0 spiro atoms. The molecule has 1 atom stereocenters. The van der Waals surface area contributed by atoms with Crippen LogP contribution in [0.4, 0.5) is 0 Å². The predicted molar refractivity (Wildman–Crippen MR) is 76.7 cm³/mol. The number of aromatic nitrogens is 2. The van der Waals surface area contributed by atoms with Gasteiger partial charge in [0, 0.05) is 41.6 Å². The SMILES string of the molecule is CS(=O)CCCNCc1cc(=O)n2ccccc2n1. The molecule has 5 nitrogen and oxygen atoms in total. The number of pyridine rings is 1. The van der Waals surface area contributed by atoms with Crippen LogP contribution in [0.25, 0.3) is 5.65 Å². The first-order valence-corrected chi connectivity index (χ1v) is 7.87. The third-order valence-corrected chi connectivity index (χ3v) is 3.58. The molecular weight excluding hydrogens is 262 g/mol. The van der Waals surface area contributed by atoms with E-state index in [2.05, 4.69) is 10.3 Å². The Hall–Kier alpha value is -1.53. The van der Waals surface area contributed by atoms with Crippen molar-refractivity contribution < 1.29 is 4.21 Å². The van der Waals surface area contributed by atoms with Crippen molar-refractivity contribution in [3.05, 3.63) is 46.5 Å². The van der Waals surface area contributed by atoms with E-state index in [0.717, 1.165) is 18.7 Å². The molecule has 6 heteroatoms. The van der Waals surface area contributed by atoms with Gasteiger partial charge in [0.05, 0.1) is 5.69 Å². The number of rotatable bonds is 6. The molecule has 0 aliphatic carbocycles. The molecule has 2 heterocycles. The number of hydrogen-bond acceptors (Lipinski definition) is 4. The first-order chi connectivity index (χ1) is 9.16. The quantitative estimate of drug-likeness (QED) is 0.785. The maximum Gasteiger partial charge on any atom is 0.258 e. The number of fused-ring (bicyclic) bond motifs is 1. The van der Waals surface area contributed by atoms with Gasteiger partial charge in [0.25, 0.3) is 5.56 Å². The van der Waals surface area contributed by atoms with Crippen molar-refractivity contribution in [2.45, 2.75) is 13.0 Å². The Bertz CT molecular complexity index is 639. The summed E-state index contributed by atoms with van der Waals surface area (Å²) in [4.78, 5) is 16.2. The summed E-state index contributed by atoms with van der Waals surface area (Å²) in [7, 11) is -0.745. The van der Waals surface area contributed by atoms with Crippen LogP contribution in [0.2, 0.25) is 0 Å². The Kier molecular flexibility index (Phi) is 4.81. The van der Waals surface area contributed by atoms with Crippen LogP contribution in [0.5, 0.6) is 0 Å². The van der Waals surface area contributed by atoms with Crippen molar-refractivity contribution in [1.29, 1.82) is 0 Å². The molecule has 19 heavy (non-hydrogen) atoms. The van der Waals surface area contributed by atoms with Crippen molar-refractivity contribution >= 4 is 16.4 Å². The van der Waals surface area contributed by atoms with Gasteiger partial charge in [0.15, 0.2) is 0 Å². The molecule has 2 aromatic heterocycles. The lowest BCUT2D eigenvalue weighted by molar-refractivity contribution is 0.654. The summed E-state index contributed by atoms with van der Waals surface area (Å²) in [6.07, 6.45) is 4.26. The minimum atomic E-state index is -0.745. The average molecular weight is 279 g/mol. The van der Waals surface area contributed by atoms with Crippen LogP contribution in [0.1, 0.15) is 12.1 Å². The minimum absolute atomic E-state index is 0.0722.